The summed E-state index contributed by atoms with van der Waals surface area (Å²) >= 11 is 0. The minimum absolute atomic E-state index is 0.255. The van der Waals surface area contributed by atoms with Crippen LogP contribution in [0.4, 0.5) is 4.39 Å². The molecule has 1 aromatic rings. The van der Waals surface area contributed by atoms with Gasteiger partial charge >= 0.3 is 0 Å². The van der Waals surface area contributed by atoms with Crippen molar-refractivity contribution >= 4 is 5.96 Å². The summed E-state index contributed by atoms with van der Waals surface area (Å²) in [7, 11) is 6.33. The zero-order chi connectivity index (χ0) is 18.9. The van der Waals surface area contributed by atoms with Gasteiger partial charge in [-0.2, -0.15) is 0 Å². The predicted octanol–water partition coefficient (Wildman–Crippen LogP) is 1.35. The van der Waals surface area contributed by atoms with Crippen LogP contribution in [0.25, 0.3) is 0 Å². The monoisotopic (exact) mass is 365 g/mol. The standard InChI is InChI=1S/C19H32FN5O/c1-5-21-19(22-14-17-15-23(2)10-11-24(17)3)25(4)12-13-26-18-8-6-16(20)7-9-18/h6-9,17H,5,10-15H2,1-4H3,(H,21,22). The average molecular weight is 365 g/mol. The summed E-state index contributed by atoms with van der Waals surface area (Å²) in [4.78, 5) is 11.6. The summed E-state index contributed by atoms with van der Waals surface area (Å²) in [6, 6.07) is 6.53. The van der Waals surface area contributed by atoms with E-state index >= 15 is 0 Å². The lowest BCUT2D eigenvalue weighted by molar-refractivity contribution is 0.119. The van der Waals surface area contributed by atoms with E-state index in [0.717, 1.165) is 38.7 Å². The number of piperazine rings is 1. The average Bonchev–Trinajstić information content (AvgIpc) is 2.62. The van der Waals surface area contributed by atoms with Gasteiger partial charge in [0.2, 0.25) is 0 Å². The summed E-state index contributed by atoms with van der Waals surface area (Å²) in [5.74, 6) is 1.31. The zero-order valence-corrected chi connectivity index (χ0v) is 16.4. The third-order valence-electron chi connectivity index (χ3n) is 4.64. The van der Waals surface area contributed by atoms with E-state index in [9.17, 15) is 4.39 Å². The van der Waals surface area contributed by atoms with Gasteiger partial charge in [0.1, 0.15) is 18.2 Å². The van der Waals surface area contributed by atoms with Crippen LogP contribution in [0.3, 0.4) is 0 Å². The van der Waals surface area contributed by atoms with Crippen molar-refractivity contribution in [3.05, 3.63) is 30.1 Å². The van der Waals surface area contributed by atoms with Crippen LogP contribution in [0.5, 0.6) is 5.75 Å². The minimum atomic E-state index is -0.255. The molecule has 146 valence electrons. The lowest BCUT2D eigenvalue weighted by Gasteiger charge is -2.37. The number of likely N-dealkylation sites (N-methyl/N-ethyl adjacent to an activating group) is 3. The number of guanidine groups is 1. The fourth-order valence-electron chi connectivity index (χ4n) is 2.90. The predicted molar refractivity (Wildman–Crippen MR) is 104 cm³/mol. The molecule has 6 nitrogen and oxygen atoms in total. The van der Waals surface area contributed by atoms with E-state index < -0.39 is 0 Å². The maximum atomic E-state index is 12.9. The molecule has 1 aromatic carbocycles. The number of ether oxygens (including phenoxy) is 1. The highest BCUT2D eigenvalue weighted by Gasteiger charge is 2.22. The molecule has 0 spiro atoms. The van der Waals surface area contributed by atoms with Gasteiger partial charge in [-0.15, -0.1) is 0 Å². The number of hydrogen-bond donors (Lipinski definition) is 1. The van der Waals surface area contributed by atoms with Crippen molar-refractivity contribution in [3.63, 3.8) is 0 Å². The van der Waals surface area contributed by atoms with Gasteiger partial charge in [-0.1, -0.05) is 0 Å². The fourth-order valence-corrected chi connectivity index (χ4v) is 2.90. The van der Waals surface area contributed by atoms with Crippen LogP contribution in [0.1, 0.15) is 6.92 Å². The Balaban J connectivity index is 1.84. The maximum absolute atomic E-state index is 12.9. The molecule has 1 atom stereocenters. The topological polar surface area (TPSA) is 43.3 Å². The maximum Gasteiger partial charge on any atom is 0.193 e. The molecule has 1 aliphatic rings. The number of aliphatic imine (C=N–C) groups is 1. The van der Waals surface area contributed by atoms with Gasteiger partial charge < -0.3 is 19.9 Å². The molecule has 0 radical (unpaired) electrons. The van der Waals surface area contributed by atoms with E-state index in [4.69, 9.17) is 9.73 Å². The Morgan fingerprint density at radius 3 is 2.73 bits per heavy atom. The Morgan fingerprint density at radius 2 is 2.04 bits per heavy atom. The number of halogens is 1. The van der Waals surface area contributed by atoms with Gasteiger partial charge in [0.25, 0.3) is 0 Å². The van der Waals surface area contributed by atoms with Crippen LogP contribution in [0.2, 0.25) is 0 Å². The Morgan fingerprint density at radius 1 is 1.31 bits per heavy atom. The molecule has 1 aliphatic heterocycles. The molecule has 0 aromatic heterocycles. The van der Waals surface area contributed by atoms with Gasteiger partial charge in [0.15, 0.2) is 5.96 Å². The van der Waals surface area contributed by atoms with Crippen molar-refractivity contribution in [1.82, 2.24) is 20.0 Å². The molecular weight excluding hydrogens is 333 g/mol. The first-order valence-electron chi connectivity index (χ1n) is 9.26. The molecule has 2 rings (SSSR count). The van der Waals surface area contributed by atoms with E-state index in [1.54, 1.807) is 12.1 Å². The molecule has 0 amide bonds. The molecule has 0 aliphatic carbocycles. The Hall–Kier alpha value is -1.86. The van der Waals surface area contributed by atoms with Crippen LogP contribution in [0.15, 0.2) is 29.3 Å². The molecule has 0 bridgehead atoms. The van der Waals surface area contributed by atoms with Crippen LogP contribution in [-0.4, -0.2) is 93.7 Å². The number of nitrogens with zero attached hydrogens (tertiary/aromatic N) is 4. The first kappa shape index (κ1) is 20.5. The number of benzene rings is 1. The summed E-state index contributed by atoms with van der Waals surface area (Å²) in [6.45, 7) is 8.10. The van der Waals surface area contributed by atoms with E-state index in [2.05, 4.69) is 41.0 Å². The zero-order valence-electron chi connectivity index (χ0n) is 16.4. The van der Waals surface area contributed by atoms with Crippen LogP contribution in [0, 0.1) is 5.82 Å². The first-order chi connectivity index (χ1) is 12.5. The molecule has 26 heavy (non-hydrogen) atoms. The van der Waals surface area contributed by atoms with E-state index in [1.807, 2.05) is 7.05 Å². The second kappa shape index (κ2) is 10.3. The first-order valence-corrected chi connectivity index (χ1v) is 9.26. The number of hydrogen-bond acceptors (Lipinski definition) is 4. The normalized spacial score (nSPS) is 19.4. The number of rotatable bonds is 7. The van der Waals surface area contributed by atoms with Crippen molar-refractivity contribution in [2.45, 2.75) is 13.0 Å². The molecule has 1 fully saturated rings. The largest absolute Gasteiger partial charge is 0.492 e. The van der Waals surface area contributed by atoms with Gasteiger partial charge in [-0.05, 0) is 45.3 Å². The summed E-state index contributed by atoms with van der Waals surface area (Å²) in [5.41, 5.74) is 0. The third-order valence-corrected chi connectivity index (χ3v) is 4.64. The summed E-state index contributed by atoms with van der Waals surface area (Å²) in [6.07, 6.45) is 0. The van der Waals surface area contributed by atoms with Crippen molar-refractivity contribution in [2.75, 3.05) is 67.0 Å². The Bertz CT molecular complexity index is 566. The Labute approximate surface area is 156 Å². The van der Waals surface area contributed by atoms with Gasteiger partial charge in [-0.3, -0.25) is 9.89 Å². The van der Waals surface area contributed by atoms with Crippen LogP contribution < -0.4 is 10.1 Å². The van der Waals surface area contributed by atoms with Crippen LogP contribution in [-0.2, 0) is 0 Å². The summed E-state index contributed by atoms with van der Waals surface area (Å²) in [5, 5.41) is 3.34. The van der Waals surface area contributed by atoms with Gasteiger partial charge in [0, 0.05) is 39.3 Å². The lowest BCUT2D eigenvalue weighted by Crippen LogP contribution is -2.51. The second-order valence-electron chi connectivity index (χ2n) is 6.82. The van der Waals surface area contributed by atoms with Crippen molar-refractivity contribution < 1.29 is 9.13 Å². The van der Waals surface area contributed by atoms with Crippen molar-refractivity contribution in [3.8, 4) is 5.75 Å². The minimum Gasteiger partial charge on any atom is -0.492 e. The van der Waals surface area contributed by atoms with E-state index in [-0.39, 0.29) is 5.82 Å². The molecule has 1 heterocycles. The molecule has 7 heteroatoms. The molecule has 1 unspecified atom stereocenters. The lowest BCUT2D eigenvalue weighted by atomic mass is 10.2. The van der Waals surface area contributed by atoms with E-state index in [1.165, 1.54) is 12.1 Å². The molecule has 1 saturated heterocycles. The quantitative estimate of drug-likeness (QED) is 0.584. The van der Waals surface area contributed by atoms with Crippen LogP contribution >= 0.6 is 0 Å². The second-order valence-corrected chi connectivity index (χ2v) is 6.82. The van der Waals surface area contributed by atoms with Crippen molar-refractivity contribution in [2.24, 2.45) is 4.99 Å². The van der Waals surface area contributed by atoms with Crippen molar-refractivity contribution in [1.29, 1.82) is 0 Å². The Kier molecular flexibility index (Phi) is 8.12. The van der Waals surface area contributed by atoms with E-state index in [0.29, 0.717) is 24.9 Å². The molecular formula is C19H32FN5O. The fraction of sp³-hybridized carbons (Fsp3) is 0.632. The SMILES string of the molecule is CCNC(=NCC1CN(C)CCN1C)N(C)CCOc1ccc(F)cc1. The highest BCUT2D eigenvalue weighted by atomic mass is 19.1. The van der Waals surface area contributed by atoms with Gasteiger partial charge in [0.05, 0.1) is 13.1 Å². The molecule has 1 N–H and O–H groups in total. The summed E-state index contributed by atoms with van der Waals surface area (Å²) < 4.78 is 18.6. The molecule has 0 saturated carbocycles. The number of nitrogens with one attached hydrogen (secondary N) is 1. The third kappa shape index (κ3) is 6.46. The smallest absolute Gasteiger partial charge is 0.193 e. The van der Waals surface area contributed by atoms with Gasteiger partial charge in [-0.25, -0.2) is 4.39 Å². The highest BCUT2D eigenvalue weighted by Crippen LogP contribution is 2.11. The highest BCUT2D eigenvalue weighted by molar-refractivity contribution is 5.79.